The summed E-state index contributed by atoms with van der Waals surface area (Å²) >= 11 is 1.82. The Bertz CT molecular complexity index is 290. The summed E-state index contributed by atoms with van der Waals surface area (Å²) in [6.07, 6.45) is 3.91. The molecule has 5 heteroatoms. The molecule has 2 N–H and O–H groups in total. The van der Waals surface area contributed by atoms with Crippen LogP contribution < -0.4 is 10.6 Å². The highest BCUT2D eigenvalue weighted by atomic mass is 32.2. The Hall–Kier alpha value is -0.970. The van der Waals surface area contributed by atoms with Crippen molar-refractivity contribution in [3.8, 4) is 0 Å². The Morgan fingerprint density at radius 3 is 2.93 bits per heavy atom. The molecule has 0 unspecified atom stereocenters. The molecule has 0 aliphatic heterocycles. The SMILES string of the molecule is CNc1ncc(C)c(NCCSC)n1. The van der Waals surface area contributed by atoms with Gasteiger partial charge in [0, 0.05) is 31.1 Å². The molecule has 0 fully saturated rings. The lowest BCUT2D eigenvalue weighted by Gasteiger charge is -2.08. The quantitative estimate of drug-likeness (QED) is 0.726. The summed E-state index contributed by atoms with van der Waals surface area (Å²) < 4.78 is 0. The molecule has 0 radical (unpaired) electrons. The number of hydrogen-bond donors (Lipinski definition) is 2. The number of thioether (sulfide) groups is 1. The van der Waals surface area contributed by atoms with Crippen LogP contribution in [0.5, 0.6) is 0 Å². The molecule has 1 aromatic heterocycles. The molecule has 1 rings (SSSR count). The molecular weight excluding hydrogens is 196 g/mol. The molecule has 0 spiro atoms. The third-order valence-corrected chi connectivity index (χ3v) is 2.41. The minimum atomic E-state index is 0.655. The molecule has 0 saturated carbocycles. The van der Waals surface area contributed by atoms with E-state index in [1.807, 2.05) is 31.9 Å². The lowest BCUT2D eigenvalue weighted by molar-refractivity contribution is 1.08. The van der Waals surface area contributed by atoms with Crippen molar-refractivity contribution in [1.82, 2.24) is 9.97 Å². The zero-order chi connectivity index (χ0) is 10.4. The molecule has 1 heterocycles. The fourth-order valence-electron chi connectivity index (χ4n) is 1.01. The van der Waals surface area contributed by atoms with Gasteiger partial charge in [0.05, 0.1) is 0 Å². The number of hydrogen-bond acceptors (Lipinski definition) is 5. The third-order valence-electron chi connectivity index (χ3n) is 1.79. The van der Waals surface area contributed by atoms with Crippen molar-refractivity contribution in [2.75, 3.05) is 36.2 Å². The van der Waals surface area contributed by atoms with E-state index in [-0.39, 0.29) is 0 Å². The predicted octanol–water partition coefficient (Wildman–Crippen LogP) is 1.60. The highest BCUT2D eigenvalue weighted by Gasteiger charge is 2.01. The fourth-order valence-corrected chi connectivity index (χ4v) is 1.32. The van der Waals surface area contributed by atoms with Crippen molar-refractivity contribution in [3.05, 3.63) is 11.8 Å². The van der Waals surface area contributed by atoms with Crippen LogP contribution in [-0.4, -0.2) is 35.6 Å². The minimum absolute atomic E-state index is 0.655. The van der Waals surface area contributed by atoms with Gasteiger partial charge in [0.1, 0.15) is 5.82 Å². The molecule has 0 atom stereocenters. The van der Waals surface area contributed by atoms with Crippen LogP contribution in [0.2, 0.25) is 0 Å². The molecule has 14 heavy (non-hydrogen) atoms. The van der Waals surface area contributed by atoms with Gasteiger partial charge in [-0.05, 0) is 13.2 Å². The van der Waals surface area contributed by atoms with Gasteiger partial charge in [0.15, 0.2) is 0 Å². The maximum Gasteiger partial charge on any atom is 0.224 e. The summed E-state index contributed by atoms with van der Waals surface area (Å²) in [5, 5.41) is 6.19. The number of rotatable bonds is 5. The number of nitrogens with one attached hydrogen (secondary N) is 2. The van der Waals surface area contributed by atoms with E-state index in [2.05, 4.69) is 26.9 Å². The van der Waals surface area contributed by atoms with E-state index in [4.69, 9.17) is 0 Å². The van der Waals surface area contributed by atoms with Crippen LogP contribution in [0.25, 0.3) is 0 Å². The molecule has 0 saturated heterocycles. The van der Waals surface area contributed by atoms with Crippen LogP contribution in [0.15, 0.2) is 6.20 Å². The van der Waals surface area contributed by atoms with Gasteiger partial charge in [-0.25, -0.2) is 4.98 Å². The van der Waals surface area contributed by atoms with Crippen molar-refractivity contribution in [2.45, 2.75) is 6.92 Å². The third kappa shape index (κ3) is 3.06. The molecule has 1 aromatic rings. The molecule has 78 valence electrons. The second kappa shape index (κ2) is 5.70. The summed E-state index contributed by atoms with van der Waals surface area (Å²) in [7, 11) is 1.82. The first-order chi connectivity index (χ1) is 6.77. The van der Waals surface area contributed by atoms with E-state index < -0.39 is 0 Å². The van der Waals surface area contributed by atoms with Gasteiger partial charge in [0.25, 0.3) is 0 Å². The zero-order valence-electron chi connectivity index (χ0n) is 8.79. The Balaban J connectivity index is 2.64. The second-order valence-electron chi connectivity index (χ2n) is 2.89. The molecule has 0 aliphatic rings. The Kier molecular flexibility index (Phi) is 4.52. The lowest BCUT2D eigenvalue weighted by Crippen LogP contribution is -2.08. The van der Waals surface area contributed by atoms with Gasteiger partial charge in [-0.2, -0.15) is 16.7 Å². The average Bonchev–Trinajstić information content (AvgIpc) is 2.21. The maximum absolute atomic E-state index is 4.32. The van der Waals surface area contributed by atoms with Crippen molar-refractivity contribution in [1.29, 1.82) is 0 Å². The molecule has 0 aliphatic carbocycles. The number of aryl methyl sites for hydroxylation is 1. The number of aromatic nitrogens is 2. The highest BCUT2D eigenvalue weighted by molar-refractivity contribution is 7.98. The summed E-state index contributed by atoms with van der Waals surface area (Å²) in [6, 6.07) is 0. The molecular formula is C9H16N4S. The molecule has 4 nitrogen and oxygen atoms in total. The van der Waals surface area contributed by atoms with Crippen molar-refractivity contribution in [2.24, 2.45) is 0 Å². The number of anilines is 2. The van der Waals surface area contributed by atoms with Gasteiger partial charge < -0.3 is 10.6 Å². The first kappa shape index (κ1) is 11.1. The van der Waals surface area contributed by atoms with Gasteiger partial charge >= 0.3 is 0 Å². The van der Waals surface area contributed by atoms with Gasteiger partial charge in [0.2, 0.25) is 5.95 Å². The summed E-state index contributed by atoms with van der Waals surface area (Å²) in [5.74, 6) is 2.65. The van der Waals surface area contributed by atoms with E-state index >= 15 is 0 Å². The van der Waals surface area contributed by atoms with E-state index in [1.54, 1.807) is 0 Å². The van der Waals surface area contributed by atoms with Crippen LogP contribution in [0.1, 0.15) is 5.56 Å². The zero-order valence-corrected chi connectivity index (χ0v) is 9.61. The summed E-state index contributed by atoms with van der Waals surface area (Å²) in [5.41, 5.74) is 1.07. The van der Waals surface area contributed by atoms with Gasteiger partial charge in [-0.1, -0.05) is 0 Å². The van der Waals surface area contributed by atoms with Gasteiger partial charge in [-0.15, -0.1) is 0 Å². The van der Waals surface area contributed by atoms with E-state index in [9.17, 15) is 0 Å². The fraction of sp³-hybridized carbons (Fsp3) is 0.556. The first-order valence-electron chi connectivity index (χ1n) is 4.52. The van der Waals surface area contributed by atoms with Gasteiger partial charge in [-0.3, -0.25) is 0 Å². The summed E-state index contributed by atoms with van der Waals surface area (Å²) in [4.78, 5) is 8.44. The Morgan fingerprint density at radius 2 is 2.29 bits per heavy atom. The lowest BCUT2D eigenvalue weighted by atomic mass is 10.3. The Morgan fingerprint density at radius 1 is 1.50 bits per heavy atom. The van der Waals surface area contributed by atoms with Crippen LogP contribution in [-0.2, 0) is 0 Å². The first-order valence-corrected chi connectivity index (χ1v) is 5.91. The molecule has 0 aromatic carbocycles. The highest BCUT2D eigenvalue weighted by Crippen LogP contribution is 2.11. The van der Waals surface area contributed by atoms with Crippen molar-refractivity contribution < 1.29 is 0 Å². The Labute approximate surface area is 88.9 Å². The van der Waals surface area contributed by atoms with Crippen molar-refractivity contribution >= 4 is 23.5 Å². The maximum atomic E-state index is 4.32. The molecule has 0 amide bonds. The standard InChI is InChI=1S/C9H16N4S/c1-7-6-12-9(10-2)13-8(7)11-4-5-14-3/h6H,4-5H2,1-3H3,(H2,10,11,12,13). The predicted molar refractivity (Wildman–Crippen MR) is 63.2 cm³/mol. The van der Waals surface area contributed by atoms with Crippen LogP contribution in [0.4, 0.5) is 11.8 Å². The van der Waals surface area contributed by atoms with Crippen LogP contribution in [0, 0.1) is 6.92 Å². The van der Waals surface area contributed by atoms with E-state index in [0.717, 1.165) is 23.7 Å². The van der Waals surface area contributed by atoms with Crippen molar-refractivity contribution in [3.63, 3.8) is 0 Å². The number of nitrogens with zero attached hydrogens (tertiary/aromatic N) is 2. The van der Waals surface area contributed by atoms with Crippen LogP contribution >= 0.6 is 11.8 Å². The molecule has 0 bridgehead atoms. The normalized spacial score (nSPS) is 9.93. The monoisotopic (exact) mass is 212 g/mol. The van der Waals surface area contributed by atoms with Crippen LogP contribution in [0.3, 0.4) is 0 Å². The minimum Gasteiger partial charge on any atom is -0.369 e. The van der Waals surface area contributed by atoms with E-state index in [1.165, 1.54) is 0 Å². The topological polar surface area (TPSA) is 49.8 Å². The van der Waals surface area contributed by atoms with E-state index in [0.29, 0.717) is 5.95 Å². The average molecular weight is 212 g/mol. The largest absolute Gasteiger partial charge is 0.369 e. The smallest absolute Gasteiger partial charge is 0.224 e. The second-order valence-corrected chi connectivity index (χ2v) is 3.88. The summed E-state index contributed by atoms with van der Waals surface area (Å²) in [6.45, 7) is 2.93.